The SMILES string of the molecule is Cc1ccc(N)cc1S(=O)(=O)NCCc1cccc(C(=O)OC(C)(C)C)c1. The smallest absolute Gasteiger partial charge is 0.338 e. The zero-order chi connectivity index (χ0) is 20.2. The van der Waals surface area contributed by atoms with Crippen LogP contribution in [0.5, 0.6) is 0 Å². The molecule has 7 heteroatoms. The van der Waals surface area contributed by atoms with Gasteiger partial charge in [-0.05, 0) is 69.5 Å². The Morgan fingerprint density at radius 1 is 1.15 bits per heavy atom. The van der Waals surface area contributed by atoms with E-state index in [1.165, 1.54) is 6.07 Å². The molecule has 2 aromatic carbocycles. The summed E-state index contributed by atoms with van der Waals surface area (Å²) < 4.78 is 32.9. The van der Waals surface area contributed by atoms with Crippen LogP contribution in [0.15, 0.2) is 47.4 Å². The Kier molecular flexibility index (Phi) is 6.28. The molecule has 2 rings (SSSR count). The summed E-state index contributed by atoms with van der Waals surface area (Å²) in [6.07, 6.45) is 0.442. The Hall–Kier alpha value is -2.38. The van der Waals surface area contributed by atoms with Crippen LogP contribution in [-0.4, -0.2) is 26.5 Å². The number of nitrogens with two attached hydrogens (primary N) is 1. The average molecular weight is 391 g/mol. The lowest BCUT2D eigenvalue weighted by molar-refractivity contribution is 0.00693. The number of esters is 1. The van der Waals surface area contributed by atoms with E-state index in [-0.39, 0.29) is 11.4 Å². The van der Waals surface area contributed by atoms with Gasteiger partial charge in [0, 0.05) is 12.2 Å². The van der Waals surface area contributed by atoms with E-state index in [1.807, 2.05) is 26.8 Å². The summed E-state index contributed by atoms with van der Waals surface area (Å²) in [4.78, 5) is 12.3. The predicted octanol–water partition coefficient (Wildman–Crippen LogP) is 3.05. The Morgan fingerprint density at radius 2 is 1.85 bits per heavy atom. The normalized spacial score (nSPS) is 12.0. The Bertz CT molecular complexity index is 931. The molecule has 0 radical (unpaired) electrons. The van der Waals surface area contributed by atoms with Gasteiger partial charge in [-0.2, -0.15) is 0 Å². The fourth-order valence-corrected chi connectivity index (χ4v) is 3.81. The molecule has 0 saturated heterocycles. The third-order valence-corrected chi connectivity index (χ3v) is 5.37. The van der Waals surface area contributed by atoms with Crippen LogP contribution in [0.1, 0.15) is 42.3 Å². The van der Waals surface area contributed by atoms with Gasteiger partial charge in [0.05, 0.1) is 10.5 Å². The largest absolute Gasteiger partial charge is 0.456 e. The maximum Gasteiger partial charge on any atom is 0.338 e. The summed E-state index contributed by atoms with van der Waals surface area (Å²) in [7, 11) is -3.66. The summed E-state index contributed by atoms with van der Waals surface area (Å²) in [6, 6.07) is 11.8. The summed E-state index contributed by atoms with van der Waals surface area (Å²) >= 11 is 0. The second-order valence-corrected chi connectivity index (χ2v) is 9.11. The Morgan fingerprint density at radius 3 is 2.52 bits per heavy atom. The summed E-state index contributed by atoms with van der Waals surface area (Å²) in [6.45, 7) is 7.35. The molecule has 0 amide bonds. The van der Waals surface area contributed by atoms with E-state index in [9.17, 15) is 13.2 Å². The molecule has 0 aliphatic carbocycles. The number of carbonyl (C=O) groups excluding carboxylic acids is 1. The van der Waals surface area contributed by atoms with E-state index in [2.05, 4.69) is 4.72 Å². The van der Waals surface area contributed by atoms with Crippen molar-refractivity contribution in [2.45, 2.75) is 44.6 Å². The molecule has 3 N–H and O–H groups in total. The van der Waals surface area contributed by atoms with Crippen molar-refractivity contribution in [3.63, 3.8) is 0 Å². The van der Waals surface area contributed by atoms with Crippen LogP contribution in [0.4, 0.5) is 5.69 Å². The van der Waals surface area contributed by atoms with Crippen molar-refractivity contribution in [2.24, 2.45) is 0 Å². The molecule has 0 bridgehead atoms. The van der Waals surface area contributed by atoms with Crippen molar-refractivity contribution < 1.29 is 17.9 Å². The molecule has 0 heterocycles. The van der Waals surface area contributed by atoms with Crippen LogP contribution >= 0.6 is 0 Å². The lowest BCUT2D eigenvalue weighted by atomic mass is 10.1. The summed E-state index contributed by atoms with van der Waals surface area (Å²) in [5, 5.41) is 0. The maximum atomic E-state index is 12.5. The van der Waals surface area contributed by atoms with E-state index in [0.717, 1.165) is 5.56 Å². The van der Waals surface area contributed by atoms with Gasteiger partial charge in [-0.15, -0.1) is 0 Å². The minimum atomic E-state index is -3.66. The van der Waals surface area contributed by atoms with Gasteiger partial charge in [-0.25, -0.2) is 17.9 Å². The van der Waals surface area contributed by atoms with Crippen molar-refractivity contribution in [1.29, 1.82) is 0 Å². The van der Waals surface area contributed by atoms with Gasteiger partial charge in [-0.3, -0.25) is 0 Å². The minimum Gasteiger partial charge on any atom is -0.456 e. The molecule has 0 aliphatic heterocycles. The van der Waals surface area contributed by atoms with Crippen LogP contribution in [-0.2, 0) is 21.2 Å². The highest BCUT2D eigenvalue weighted by molar-refractivity contribution is 7.89. The molecule has 0 atom stereocenters. The predicted molar refractivity (Wildman–Crippen MR) is 106 cm³/mol. The van der Waals surface area contributed by atoms with Crippen molar-refractivity contribution in [1.82, 2.24) is 4.72 Å². The molecule has 2 aromatic rings. The molecule has 0 saturated carbocycles. The van der Waals surface area contributed by atoms with Crippen molar-refractivity contribution in [3.05, 3.63) is 59.2 Å². The number of hydrogen-bond donors (Lipinski definition) is 2. The van der Waals surface area contributed by atoms with Crippen LogP contribution in [0, 0.1) is 6.92 Å². The van der Waals surface area contributed by atoms with E-state index in [4.69, 9.17) is 10.5 Å². The lowest BCUT2D eigenvalue weighted by Gasteiger charge is -2.19. The number of benzene rings is 2. The fraction of sp³-hybridized carbons (Fsp3) is 0.350. The van der Waals surface area contributed by atoms with Gasteiger partial charge in [0.2, 0.25) is 10.0 Å². The highest BCUT2D eigenvalue weighted by atomic mass is 32.2. The van der Waals surface area contributed by atoms with Gasteiger partial charge < -0.3 is 10.5 Å². The minimum absolute atomic E-state index is 0.171. The number of hydrogen-bond acceptors (Lipinski definition) is 5. The number of nitrogens with one attached hydrogen (secondary N) is 1. The fourth-order valence-electron chi connectivity index (χ4n) is 2.50. The van der Waals surface area contributed by atoms with Crippen LogP contribution in [0.2, 0.25) is 0 Å². The first-order valence-corrected chi connectivity index (χ1v) is 10.1. The van der Waals surface area contributed by atoms with Gasteiger partial charge in [-0.1, -0.05) is 18.2 Å². The maximum absolute atomic E-state index is 12.5. The van der Waals surface area contributed by atoms with Gasteiger partial charge in [0.25, 0.3) is 0 Å². The standard InChI is InChI=1S/C20H26N2O4S/c1-14-8-9-17(21)13-18(14)27(24,25)22-11-10-15-6-5-7-16(12-15)19(23)26-20(2,3)4/h5-9,12-13,22H,10-11,21H2,1-4H3. The second kappa shape index (κ2) is 8.10. The van der Waals surface area contributed by atoms with E-state index in [1.54, 1.807) is 37.3 Å². The van der Waals surface area contributed by atoms with Crippen LogP contribution in [0.25, 0.3) is 0 Å². The van der Waals surface area contributed by atoms with Gasteiger partial charge in [0.15, 0.2) is 0 Å². The first-order chi connectivity index (χ1) is 12.5. The zero-order valence-electron chi connectivity index (χ0n) is 16.1. The third kappa shape index (κ3) is 6.08. The highest BCUT2D eigenvalue weighted by Gasteiger charge is 2.19. The third-order valence-electron chi connectivity index (χ3n) is 3.77. The number of aryl methyl sites for hydroxylation is 1. The molecule has 0 unspecified atom stereocenters. The molecule has 146 valence electrons. The molecular formula is C20H26N2O4S. The molecule has 0 fully saturated rings. The average Bonchev–Trinajstić information content (AvgIpc) is 2.55. The number of anilines is 1. The van der Waals surface area contributed by atoms with Gasteiger partial charge >= 0.3 is 5.97 Å². The van der Waals surface area contributed by atoms with E-state index >= 15 is 0 Å². The molecule has 0 spiro atoms. The van der Waals surface area contributed by atoms with Crippen molar-refractivity contribution >= 4 is 21.7 Å². The molecule has 27 heavy (non-hydrogen) atoms. The Balaban J connectivity index is 2.04. The lowest BCUT2D eigenvalue weighted by Crippen LogP contribution is -2.27. The second-order valence-electron chi connectivity index (χ2n) is 7.37. The molecule has 0 aliphatic rings. The van der Waals surface area contributed by atoms with Crippen molar-refractivity contribution in [2.75, 3.05) is 12.3 Å². The first kappa shape index (κ1) is 20.9. The quantitative estimate of drug-likeness (QED) is 0.583. The molecule has 6 nitrogen and oxygen atoms in total. The zero-order valence-corrected chi connectivity index (χ0v) is 16.9. The number of carbonyl (C=O) groups is 1. The van der Waals surface area contributed by atoms with Crippen molar-refractivity contribution in [3.8, 4) is 0 Å². The van der Waals surface area contributed by atoms with Crippen LogP contribution < -0.4 is 10.5 Å². The van der Waals surface area contributed by atoms with Crippen LogP contribution in [0.3, 0.4) is 0 Å². The monoisotopic (exact) mass is 390 g/mol. The highest BCUT2D eigenvalue weighted by Crippen LogP contribution is 2.18. The molecule has 0 aromatic heterocycles. The topological polar surface area (TPSA) is 98.5 Å². The number of sulfonamides is 1. The van der Waals surface area contributed by atoms with E-state index < -0.39 is 21.6 Å². The van der Waals surface area contributed by atoms with Gasteiger partial charge in [0.1, 0.15) is 5.60 Å². The first-order valence-electron chi connectivity index (χ1n) is 8.66. The summed E-state index contributed by atoms with van der Waals surface area (Å²) in [5.74, 6) is -0.402. The Labute approximate surface area is 160 Å². The van der Waals surface area contributed by atoms with E-state index in [0.29, 0.717) is 23.2 Å². The molecular weight excluding hydrogens is 364 g/mol. The number of nitrogen functional groups attached to an aromatic ring is 1. The number of ether oxygens (including phenoxy) is 1. The number of rotatable bonds is 6. The summed E-state index contributed by atoms with van der Waals surface area (Å²) in [5.41, 5.74) is 7.43.